The minimum absolute atomic E-state index is 0.268. The fraction of sp³-hybridized carbons (Fsp3) is 0.200. The Balaban J connectivity index is 2.34. The summed E-state index contributed by atoms with van der Waals surface area (Å²) in [5.74, 6) is -0.569. The van der Waals surface area contributed by atoms with Crippen molar-refractivity contribution in [1.29, 1.82) is 0 Å². The highest BCUT2D eigenvalue weighted by Crippen LogP contribution is 2.29. The van der Waals surface area contributed by atoms with Gasteiger partial charge in [0, 0.05) is 16.1 Å². The quantitative estimate of drug-likeness (QED) is 0.887. The number of likely N-dealkylation sites (N-methyl/N-ethyl adjacent to an activating group) is 1. The highest BCUT2D eigenvalue weighted by molar-refractivity contribution is 9.10. The van der Waals surface area contributed by atoms with Gasteiger partial charge in [0.25, 0.3) is 0 Å². The zero-order chi connectivity index (χ0) is 13.8. The Bertz CT molecular complexity index is 552. The molecule has 0 heterocycles. The molecule has 0 spiro atoms. The van der Waals surface area contributed by atoms with Crippen LogP contribution in [-0.2, 0) is 6.42 Å². The Hall–Kier alpha value is -1.26. The van der Waals surface area contributed by atoms with Crippen molar-refractivity contribution in [2.45, 2.75) is 12.5 Å². The molecule has 0 saturated carbocycles. The van der Waals surface area contributed by atoms with Gasteiger partial charge in [-0.3, -0.25) is 0 Å². The SMILES string of the molecule is CNC(Cc1ccccc1F)c1c(F)cccc1Br. The molecule has 2 rings (SSSR count). The van der Waals surface area contributed by atoms with Gasteiger partial charge in [0.1, 0.15) is 11.6 Å². The van der Waals surface area contributed by atoms with Crippen molar-refractivity contribution in [2.24, 2.45) is 0 Å². The maximum atomic E-state index is 13.9. The van der Waals surface area contributed by atoms with E-state index >= 15 is 0 Å². The molecule has 0 amide bonds. The molecule has 1 N–H and O–H groups in total. The molecule has 0 aliphatic rings. The van der Waals surface area contributed by atoms with Crippen LogP contribution in [0.1, 0.15) is 17.2 Å². The number of rotatable bonds is 4. The first-order chi connectivity index (χ1) is 9.13. The van der Waals surface area contributed by atoms with Gasteiger partial charge in [0.05, 0.1) is 0 Å². The second-order valence-electron chi connectivity index (χ2n) is 4.27. The van der Waals surface area contributed by atoms with E-state index in [1.807, 2.05) is 0 Å². The van der Waals surface area contributed by atoms with Crippen LogP contribution in [0.5, 0.6) is 0 Å². The number of hydrogen-bond donors (Lipinski definition) is 1. The molecule has 0 bridgehead atoms. The predicted octanol–water partition coefficient (Wildman–Crippen LogP) is 4.23. The number of halogens is 3. The molecule has 19 heavy (non-hydrogen) atoms. The Kier molecular flexibility index (Phi) is 4.66. The standard InChI is InChI=1S/C15H14BrF2N/c1-19-14(9-10-5-2-3-7-12(10)17)15-11(16)6-4-8-13(15)18/h2-8,14,19H,9H2,1H3. The van der Waals surface area contributed by atoms with Crippen LogP contribution in [0.2, 0.25) is 0 Å². The van der Waals surface area contributed by atoms with E-state index in [1.54, 1.807) is 37.4 Å². The fourth-order valence-electron chi connectivity index (χ4n) is 2.08. The summed E-state index contributed by atoms with van der Waals surface area (Å²) in [6, 6.07) is 11.1. The van der Waals surface area contributed by atoms with Crippen LogP contribution >= 0.6 is 15.9 Å². The summed E-state index contributed by atoms with van der Waals surface area (Å²) < 4.78 is 28.3. The van der Waals surface area contributed by atoms with E-state index < -0.39 is 0 Å². The van der Waals surface area contributed by atoms with E-state index in [1.165, 1.54) is 12.1 Å². The zero-order valence-corrected chi connectivity index (χ0v) is 12.0. The van der Waals surface area contributed by atoms with Gasteiger partial charge < -0.3 is 5.32 Å². The van der Waals surface area contributed by atoms with E-state index in [9.17, 15) is 8.78 Å². The predicted molar refractivity (Wildman–Crippen MR) is 76.0 cm³/mol. The van der Waals surface area contributed by atoms with E-state index in [4.69, 9.17) is 0 Å². The fourth-order valence-corrected chi connectivity index (χ4v) is 2.69. The second-order valence-corrected chi connectivity index (χ2v) is 5.13. The van der Waals surface area contributed by atoms with Gasteiger partial charge in [0.15, 0.2) is 0 Å². The van der Waals surface area contributed by atoms with Gasteiger partial charge in [-0.15, -0.1) is 0 Å². The molecule has 1 nitrogen and oxygen atoms in total. The van der Waals surface area contributed by atoms with Gasteiger partial charge in [0.2, 0.25) is 0 Å². The first-order valence-corrected chi connectivity index (χ1v) is 6.77. The van der Waals surface area contributed by atoms with Crippen molar-refractivity contribution in [3.05, 3.63) is 69.7 Å². The van der Waals surface area contributed by atoms with Crippen molar-refractivity contribution in [2.75, 3.05) is 7.05 Å². The Morgan fingerprint density at radius 2 is 1.74 bits per heavy atom. The molecule has 2 aromatic carbocycles. The Morgan fingerprint density at radius 1 is 1.05 bits per heavy atom. The monoisotopic (exact) mass is 325 g/mol. The summed E-state index contributed by atoms with van der Waals surface area (Å²) in [6.07, 6.45) is 0.392. The van der Waals surface area contributed by atoms with Gasteiger partial charge in [-0.2, -0.15) is 0 Å². The third-order valence-electron chi connectivity index (χ3n) is 3.08. The van der Waals surface area contributed by atoms with Gasteiger partial charge in [-0.1, -0.05) is 40.2 Å². The van der Waals surface area contributed by atoms with E-state index in [2.05, 4.69) is 21.2 Å². The largest absolute Gasteiger partial charge is 0.313 e. The lowest BCUT2D eigenvalue weighted by Crippen LogP contribution is -2.21. The number of hydrogen-bond acceptors (Lipinski definition) is 1. The van der Waals surface area contributed by atoms with Crippen molar-refractivity contribution in [3.8, 4) is 0 Å². The van der Waals surface area contributed by atoms with Gasteiger partial charge in [-0.25, -0.2) is 8.78 Å². The normalized spacial score (nSPS) is 12.4. The van der Waals surface area contributed by atoms with Crippen LogP contribution in [-0.4, -0.2) is 7.05 Å². The molecule has 0 aliphatic carbocycles. The van der Waals surface area contributed by atoms with E-state index in [0.717, 1.165) is 0 Å². The molecule has 0 fully saturated rings. The summed E-state index contributed by atoms with van der Waals surface area (Å²) in [6.45, 7) is 0. The molecule has 0 aromatic heterocycles. The van der Waals surface area contributed by atoms with Crippen molar-refractivity contribution in [1.82, 2.24) is 5.32 Å². The highest BCUT2D eigenvalue weighted by Gasteiger charge is 2.18. The lowest BCUT2D eigenvalue weighted by Gasteiger charge is -2.19. The van der Waals surface area contributed by atoms with Crippen LogP contribution in [0.4, 0.5) is 8.78 Å². The Labute approximate surface area is 119 Å². The summed E-state index contributed by atoms with van der Waals surface area (Å²) in [5, 5.41) is 3.04. The second kappa shape index (κ2) is 6.26. The lowest BCUT2D eigenvalue weighted by atomic mass is 9.98. The summed E-state index contributed by atoms with van der Waals surface area (Å²) in [7, 11) is 1.74. The molecule has 2 aromatic rings. The van der Waals surface area contributed by atoms with Crippen LogP contribution in [0.15, 0.2) is 46.9 Å². The van der Waals surface area contributed by atoms with Crippen LogP contribution < -0.4 is 5.32 Å². The average molecular weight is 326 g/mol. The maximum absolute atomic E-state index is 13.9. The molecule has 1 atom stereocenters. The molecule has 4 heteroatoms. The molecule has 0 aliphatic heterocycles. The number of nitrogens with one attached hydrogen (secondary N) is 1. The minimum atomic E-state index is -0.301. The number of benzene rings is 2. The lowest BCUT2D eigenvalue weighted by molar-refractivity contribution is 0.517. The zero-order valence-electron chi connectivity index (χ0n) is 10.5. The molecule has 100 valence electrons. The van der Waals surface area contributed by atoms with Crippen LogP contribution in [0.25, 0.3) is 0 Å². The molecular weight excluding hydrogens is 312 g/mol. The maximum Gasteiger partial charge on any atom is 0.129 e. The van der Waals surface area contributed by atoms with Crippen molar-refractivity contribution in [3.63, 3.8) is 0 Å². The molecule has 0 saturated heterocycles. The third-order valence-corrected chi connectivity index (χ3v) is 3.77. The minimum Gasteiger partial charge on any atom is -0.313 e. The van der Waals surface area contributed by atoms with Gasteiger partial charge in [-0.05, 0) is 37.2 Å². The summed E-state index contributed by atoms with van der Waals surface area (Å²) in [4.78, 5) is 0. The molecular formula is C15H14BrF2N. The van der Waals surface area contributed by atoms with E-state index in [0.29, 0.717) is 22.0 Å². The van der Waals surface area contributed by atoms with Crippen LogP contribution in [0, 0.1) is 11.6 Å². The average Bonchev–Trinajstić information content (AvgIpc) is 2.39. The third kappa shape index (κ3) is 3.19. The van der Waals surface area contributed by atoms with Crippen molar-refractivity contribution >= 4 is 15.9 Å². The van der Waals surface area contributed by atoms with Crippen molar-refractivity contribution < 1.29 is 8.78 Å². The summed E-state index contributed by atoms with van der Waals surface area (Å²) >= 11 is 3.35. The Morgan fingerprint density at radius 3 is 2.37 bits per heavy atom. The van der Waals surface area contributed by atoms with Crippen LogP contribution in [0.3, 0.4) is 0 Å². The first kappa shape index (κ1) is 14.2. The topological polar surface area (TPSA) is 12.0 Å². The molecule has 0 radical (unpaired) electrons. The highest BCUT2D eigenvalue weighted by atomic mass is 79.9. The first-order valence-electron chi connectivity index (χ1n) is 5.98. The van der Waals surface area contributed by atoms with E-state index in [-0.39, 0.29) is 17.7 Å². The smallest absolute Gasteiger partial charge is 0.129 e. The summed E-state index contributed by atoms with van der Waals surface area (Å²) in [5.41, 5.74) is 1.09. The van der Waals surface area contributed by atoms with Gasteiger partial charge >= 0.3 is 0 Å². The molecule has 1 unspecified atom stereocenters.